The SMILES string of the molecule is COC(CN)C(=O)N(C)Cc1cc(C#N)ccc1F. The molecular formula is C13H16FN3O2. The standard InChI is InChI=1S/C13H16FN3O2/c1-17(13(18)12(7-16)19-2)8-10-5-9(6-15)3-4-11(10)14/h3-5,12H,7-8,16H2,1-2H3. The average molecular weight is 265 g/mol. The topological polar surface area (TPSA) is 79.3 Å². The first-order chi connectivity index (χ1) is 9.03. The van der Waals surface area contributed by atoms with E-state index in [1.807, 2.05) is 6.07 Å². The van der Waals surface area contributed by atoms with E-state index in [-0.39, 0.29) is 24.6 Å². The molecule has 1 unspecified atom stereocenters. The van der Waals surface area contributed by atoms with Gasteiger partial charge in [0.05, 0.1) is 11.6 Å². The predicted octanol–water partition coefficient (Wildman–Crippen LogP) is 0.629. The van der Waals surface area contributed by atoms with Crippen LogP contribution in [0.1, 0.15) is 11.1 Å². The summed E-state index contributed by atoms with van der Waals surface area (Å²) in [5.74, 6) is -0.785. The molecule has 0 fully saturated rings. The Morgan fingerprint density at radius 2 is 2.32 bits per heavy atom. The van der Waals surface area contributed by atoms with Gasteiger partial charge in [-0.3, -0.25) is 4.79 Å². The Labute approximate surface area is 111 Å². The summed E-state index contributed by atoms with van der Waals surface area (Å²) in [5.41, 5.74) is 6.03. The Morgan fingerprint density at radius 3 is 2.84 bits per heavy atom. The first kappa shape index (κ1) is 15.1. The van der Waals surface area contributed by atoms with E-state index in [1.165, 1.54) is 37.3 Å². The molecule has 1 aromatic carbocycles. The summed E-state index contributed by atoms with van der Waals surface area (Å²) in [4.78, 5) is 13.2. The van der Waals surface area contributed by atoms with Gasteiger partial charge >= 0.3 is 0 Å². The minimum Gasteiger partial charge on any atom is -0.370 e. The van der Waals surface area contributed by atoms with Crippen LogP contribution >= 0.6 is 0 Å². The van der Waals surface area contributed by atoms with Crippen LogP contribution in [0.5, 0.6) is 0 Å². The zero-order chi connectivity index (χ0) is 14.4. The molecule has 0 aliphatic carbocycles. The second-order valence-electron chi connectivity index (χ2n) is 4.07. The fraction of sp³-hybridized carbons (Fsp3) is 0.385. The molecule has 0 aliphatic rings. The number of nitrogens with two attached hydrogens (primary N) is 1. The first-order valence-corrected chi connectivity index (χ1v) is 5.69. The molecule has 0 saturated heterocycles. The molecule has 0 spiro atoms. The summed E-state index contributed by atoms with van der Waals surface area (Å²) in [5, 5.41) is 8.77. The van der Waals surface area contributed by atoms with Crippen molar-refractivity contribution < 1.29 is 13.9 Å². The van der Waals surface area contributed by atoms with E-state index in [0.717, 1.165) is 0 Å². The molecule has 0 radical (unpaired) electrons. The molecule has 1 atom stereocenters. The number of benzene rings is 1. The third-order valence-corrected chi connectivity index (χ3v) is 2.73. The minimum absolute atomic E-state index is 0.0556. The number of halogens is 1. The van der Waals surface area contributed by atoms with Crippen LogP contribution in [0.4, 0.5) is 4.39 Å². The van der Waals surface area contributed by atoms with E-state index in [9.17, 15) is 9.18 Å². The third-order valence-electron chi connectivity index (χ3n) is 2.73. The van der Waals surface area contributed by atoms with Gasteiger partial charge in [-0.1, -0.05) is 0 Å². The Balaban J connectivity index is 2.85. The normalized spacial score (nSPS) is 11.7. The van der Waals surface area contributed by atoms with Gasteiger partial charge < -0.3 is 15.4 Å². The van der Waals surface area contributed by atoms with Crippen LogP contribution in [0.3, 0.4) is 0 Å². The maximum absolute atomic E-state index is 13.6. The smallest absolute Gasteiger partial charge is 0.253 e. The summed E-state index contributed by atoms with van der Waals surface area (Å²) in [6, 6.07) is 5.95. The van der Waals surface area contributed by atoms with Crippen molar-refractivity contribution in [2.75, 3.05) is 20.7 Å². The van der Waals surface area contributed by atoms with Gasteiger partial charge in [-0.25, -0.2) is 4.39 Å². The van der Waals surface area contributed by atoms with Gasteiger partial charge in [0.2, 0.25) is 0 Å². The number of ether oxygens (including phenoxy) is 1. The van der Waals surface area contributed by atoms with Gasteiger partial charge in [0.25, 0.3) is 5.91 Å². The molecule has 2 N–H and O–H groups in total. The van der Waals surface area contributed by atoms with Crippen LogP contribution in [-0.2, 0) is 16.1 Å². The van der Waals surface area contributed by atoms with Gasteiger partial charge in [-0.05, 0) is 18.2 Å². The number of likely N-dealkylation sites (N-methyl/N-ethyl adjacent to an activating group) is 1. The van der Waals surface area contributed by atoms with Crippen LogP contribution in [0.15, 0.2) is 18.2 Å². The van der Waals surface area contributed by atoms with Crippen LogP contribution in [-0.4, -0.2) is 37.6 Å². The van der Waals surface area contributed by atoms with Crippen molar-refractivity contribution in [3.63, 3.8) is 0 Å². The number of rotatable bonds is 5. The lowest BCUT2D eigenvalue weighted by molar-refractivity contribution is -0.140. The quantitative estimate of drug-likeness (QED) is 0.846. The van der Waals surface area contributed by atoms with Crippen LogP contribution in [0.2, 0.25) is 0 Å². The fourth-order valence-electron chi connectivity index (χ4n) is 1.64. The van der Waals surface area contributed by atoms with E-state index >= 15 is 0 Å². The Bertz CT molecular complexity index is 495. The highest BCUT2D eigenvalue weighted by molar-refractivity contribution is 5.80. The highest BCUT2D eigenvalue weighted by Gasteiger charge is 2.21. The number of nitrogens with zero attached hydrogens (tertiary/aromatic N) is 2. The van der Waals surface area contributed by atoms with E-state index in [0.29, 0.717) is 5.56 Å². The molecule has 102 valence electrons. The molecule has 1 amide bonds. The average Bonchev–Trinajstić information content (AvgIpc) is 2.42. The van der Waals surface area contributed by atoms with E-state index in [2.05, 4.69) is 0 Å². The monoisotopic (exact) mass is 265 g/mol. The fourth-order valence-corrected chi connectivity index (χ4v) is 1.64. The zero-order valence-electron chi connectivity index (χ0n) is 10.9. The number of amides is 1. The number of methoxy groups -OCH3 is 1. The van der Waals surface area contributed by atoms with Crippen LogP contribution in [0.25, 0.3) is 0 Å². The Morgan fingerprint density at radius 1 is 1.63 bits per heavy atom. The summed E-state index contributed by atoms with van der Waals surface area (Å²) in [6.07, 6.45) is -0.743. The highest BCUT2D eigenvalue weighted by Crippen LogP contribution is 2.13. The van der Waals surface area contributed by atoms with Crippen molar-refractivity contribution in [1.29, 1.82) is 5.26 Å². The lowest BCUT2D eigenvalue weighted by atomic mass is 10.1. The van der Waals surface area contributed by atoms with Gasteiger partial charge in [0, 0.05) is 32.8 Å². The molecule has 0 saturated carbocycles. The predicted molar refractivity (Wildman–Crippen MR) is 67.4 cm³/mol. The van der Waals surface area contributed by atoms with Crippen molar-refractivity contribution in [1.82, 2.24) is 4.90 Å². The molecule has 1 rings (SSSR count). The van der Waals surface area contributed by atoms with Crippen molar-refractivity contribution in [3.8, 4) is 6.07 Å². The first-order valence-electron chi connectivity index (χ1n) is 5.69. The number of nitriles is 1. The summed E-state index contributed by atoms with van der Waals surface area (Å²) in [6.45, 7) is 0.112. The molecule has 1 aromatic rings. The lowest BCUT2D eigenvalue weighted by Gasteiger charge is -2.22. The molecule has 0 aliphatic heterocycles. The van der Waals surface area contributed by atoms with Gasteiger partial charge in [0.1, 0.15) is 11.9 Å². The van der Waals surface area contributed by atoms with E-state index < -0.39 is 11.9 Å². The number of hydrogen-bond donors (Lipinski definition) is 1. The van der Waals surface area contributed by atoms with Crippen molar-refractivity contribution in [2.24, 2.45) is 5.73 Å². The number of carbonyl (C=O) groups is 1. The van der Waals surface area contributed by atoms with Gasteiger partial charge in [-0.15, -0.1) is 0 Å². The molecule has 0 aromatic heterocycles. The van der Waals surface area contributed by atoms with E-state index in [1.54, 1.807) is 0 Å². The Hall–Kier alpha value is -1.97. The third kappa shape index (κ3) is 3.74. The largest absolute Gasteiger partial charge is 0.370 e. The van der Waals surface area contributed by atoms with Crippen molar-refractivity contribution >= 4 is 5.91 Å². The summed E-state index contributed by atoms with van der Waals surface area (Å²) < 4.78 is 18.5. The van der Waals surface area contributed by atoms with Crippen LogP contribution in [0, 0.1) is 17.1 Å². The summed E-state index contributed by atoms with van der Waals surface area (Å²) >= 11 is 0. The maximum atomic E-state index is 13.6. The second-order valence-corrected chi connectivity index (χ2v) is 4.07. The van der Waals surface area contributed by atoms with Crippen molar-refractivity contribution in [2.45, 2.75) is 12.6 Å². The highest BCUT2D eigenvalue weighted by atomic mass is 19.1. The minimum atomic E-state index is -0.743. The number of hydrogen-bond acceptors (Lipinski definition) is 4. The number of carbonyl (C=O) groups excluding carboxylic acids is 1. The van der Waals surface area contributed by atoms with E-state index in [4.69, 9.17) is 15.7 Å². The Kier molecular flexibility index (Phi) is 5.42. The second kappa shape index (κ2) is 6.83. The molecule has 5 nitrogen and oxygen atoms in total. The summed E-state index contributed by atoms with van der Waals surface area (Å²) in [7, 11) is 2.92. The molecule has 6 heteroatoms. The molecule has 0 heterocycles. The van der Waals surface area contributed by atoms with Gasteiger partial charge in [0.15, 0.2) is 0 Å². The van der Waals surface area contributed by atoms with Gasteiger partial charge in [-0.2, -0.15) is 5.26 Å². The molecular weight excluding hydrogens is 249 g/mol. The molecule has 0 bridgehead atoms. The van der Waals surface area contributed by atoms with Crippen molar-refractivity contribution in [3.05, 3.63) is 35.1 Å². The zero-order valence-corrected chi connectivity index (χ0v) is 10.9. The molecule has 19 heavy (non-hydrogen) atoms. The van der Waals surface area contributed by atoms with Crippen LogP contribution < -0.4 is 5.73 Å². The maximum Gasteiger partial charge on any atom is 0.253 e. The lowest BCUT2D eigenvalue weighted by Crippen LogP contribution is -2.41.